The van der Waals surface area contributed by atoms with Gasteiger partial charge < -0.3 is 10.4 Å². The number of hydrogen-bond acceptors (Lipinski definition) is 2. The van der Waals surface area contributed by atoms with Crippen molar-refractivity contribution in [1.29, 1.82) is 0 Å². The smallest absolute Gasteiger partial charge is 0.220 e. The molecule has 0 aromatic heterocycles. The molecule has 0 heterocycles. The van der Waals surface area contributed by atoms with Crippen molar-refractivity contribution >= 4 is 29.1 Å². The lowest BCUT2D eigenvalue weighted by molar-refractivity contribution is -0.123. The van der Waals surface area contributed by atoms with Crippen molar-refractivity contribution in [2.75, 3.05) is 6.61 Å². The Hall–Kier alpha value is -0.770. The molecule has 5 heteroatoms. The Morgan fingerprint density at radius 2 is 2.15 bits per heavy atom. The molecule has 2 rings (SSSR count). The molecular weight excluding hydrogens is 297 g/mol. The Morgan fingerprint density at radius 3 is 2.70 bits per heavy atom. The van der Waals surface area contributed by atoms with E-state index in [1.807, 2.05) is 13.0 Å². The van der Waals surface area contributed by atoms with Crippen LogP contribution in [0.1, 0.15) is 31.7 Å². The minimum absolute atomic E-state index is 0.0227. The molecule has 1 atom stereocenters. The average molecular weight is 316 g/mol. The predicted octanol–water partition coefficient (Wildman–Crippen LogP) is 3.20. The minimum Gasteiger partial charge on any atom is -0.394 e. The van der Waals surface area contributed by atoms with Crippen LogP contribution in [-0.4, -0.2) is 23.2 Å². The third-order valence-corrected chi connectivity index (χ3v) is 4.46. The second-order valence-electron chi connectivity index (χ2n) is 5.63. The van der Waals surface area contributed by atoms with E-state index in [9.17, 15) is 9.90 Å². The Balaban J connectivity index is 1.88. The molecule has 1 aliphatic rings. The number of hydrogen-bond donors (Lipinski definition) is 2. The number of aliphatic hydroxyl groups excluding tert-OH is 1. The second kappa shape index (κ2) is 6.33. The molecule has 0 saturated heterocycles. The number of halogens is 2. The van der Waals surface area contributed by atoms with E-state index in [-0.39, 0.29) is 12.5 Å². The highest BCUT2D eigenvalue weighted by Gasteiger charge is 2.41. The van der Waals surface area contributed by atoms with Crippen LogP contribution in [0.5, 0.6) is 0 Å². The zero-order chi connectivity index (χ0) is 14.8. The van der Waals surface area contributed by atoms with Gasteiger partial charge in [0.2, 0.25) is 5.91 Å². The van der Waals surface area contributed by atoms with Crippen molar-refractivity contribution in [2.24, 2.45) is 5.92 Å². The first-order valence-corrected chi connectivity index (χ1v) is 7.56. The molecule has 1 fully saturated rings. The van der Waals surface area contributed by atoms with Gasteiger partial charge in [-0.2, -0.15) is 0 Å². The maximum atomic E-state index is 12.0. The molecule has 0 bridgehead atoms. The molecule has 1 unspecified atom stereocenters. The van der Waals surface area contributed by atoms with Crippen LogP contribution in [0, 0.1) is 5.92 Å². The van der Waals surface area contributed by atoms with E-state index in [0.717, 1.165) is 18.4 Å². The fourth-order valence-corrected chi connectivity index (χ4v) is 2.85. The van der Waals surface area contributed by atoms with Gasteiger partial charge in [0.05, 0.1) is 12.1 Å². The van der Waals surface area contributed by atoms with E-state index in [2.05, 4.69) is 5.32 Å². The van der Waals surface area contributed by atoms with E-state index < -0.39 is 5.54 Å². The van der Waals surface area contributed by atoms with Crippen LogP contribution < -0.4 is 5.32 Å². The van der Waals surface area contributed by atoms with E-state index in [1.165, 1.54) is 0 Å². The van der Waals surface area contributed by atoms with Gasteiger partial charge in [0.1, 0.15) is 0 Å². The Labute approximate surface area is 129 Å². The van der Waals surface area contributed by atoms with Crippen LogP contribution in [-0.2, 0) is 11.2 Å². The summed E-state index contributed by atoms with van der Waals surface area (Å²) in [6, 6.07) is 5.28. The van der Waals surface area contributed by atoms with Crippen molar-refractivity contribution in [1.82, 2.24) is 5.32 Å². The predicted molar refractivity (Wildman–Crippen MR) is 81.1 cm³/mol. The maximum Gasteiger partial charge on any atom is 0.220 e. The number of aliphatic hydroxyl groups is 1. The van der Waals surface area contributed by atoms with Crippen LogP contribution in [0.3, 0.4) is 0 Å². The fraction of sp³-hybridized carbons (Fsp3) is 0.533. The molecule has 2 N–H and O–H groups in total. The van der Waals surface area contributed by atoms with E-state index in [0.29, 0.717) is 28.8 Å². The standard InChI is InChI=1S/C15H19Cl2NO2/c1-15(9-19,11-4-5-11)18-14(20)7-3-10-2-6-12(16)8-13(10)17/h2,6,8,11,19H,3-5,7,9H2,1H3,(H,18,20). The van der Waals surface area contributed by atoms with Crippen LogP contribution in [0.2, 0.25) is 10.0 Å². The van der Waals surface area contributed by atoms with Gasteiger partial charge in [-0.05, 0) is 49.8 Å². The Kier molecular flexibility index (Phi) is 4.95. The first-order chi connectivity index (χ1) is 9.44. The van der Waals surface area contributed by atoms with Crippen molar-refractivity contribution in [3.8, 4) is 0 Å². The van der Waals surface area contributed by atoms with Gasteiger partial charge in [-0.25, -0.2) is 0 Å². The highest BCUT2D eigenvalue weighted by Crippen LogP contribution is 2.39. The summed E-state index contributed by atoms with van der Waals surface area (Å²) in [4.78, 5) is 12.0. The topological polar surface area (TPSA) is 49.3 Å². The van der Waals surface area contributed by atoms with E-state index >= 15 is 0 Å². The number of carbonyl (C=O) groups excluding carboxylic acids is 1. The molecular formula is C15H19Cl2NO2. The maximum absolute atomic E-state index is 12.0. The molecule has 1 aromatic carbocycles. The zero-order valence-corrected chi connectivity index (χ0v) is 13.0. The summed E-state index contributed by atoms with van der Waals surface area (Å²) in [5.41, 5.74) is 0.421. The monoisotopic (exact) mass is 315 g/mol. The third kappa shape index (κ3) is 3.87. The Bertz CT molecular complexity index is 503. The van der Waals surface area contributed by atoms with Crippen LogP contribution in [0.4, 0.5) is 0 Å². The lowest BCUT2D eigenvalue weighted by Crippen LogP contribution is -2.50. The summed E-state index contributed by atoms with van der Waals surface area (Å²) in [7, 11) is 0. The first kappa shape index (κ1) is 15.6. The van der Waals surface area contributed by atoms with Crippen molar-refractivity contribution in [3.63, 3.8) is 0 Å². The number of aryl methyl sites for hydroxylation is 1. The van der Waals surface area contributed by atoms with Crippen molar-refractivity contribution in [2.45, 2.75) is 38.1 Å². The summed E-state index contributed by atoms with van der Waals surface area (Å²) < 4.78 is 0. The molecule has 0 spiro atoms. The second-order valence-corrected chi connectivity index (χ2v) is 6.48. The summed E-state index contributed by atoms with van der Waals surface area (Å²) in [5, 5.41) is 13.6. The molecule has 0 aliphatic heterocycles. The number of rotatable bonds is 6. The van der Waals surface area contributed by atoms with Gasteiger partial charge in [-0.1, -0.05) is 29.3 Å². The van der Waals surface area contributed by atoms with Gasteiger partial charge >= 0.3 is 0 Å². The molecule has 110 valence electrons. The lowest BCUT2D eigenvalue weighted by atomic mass is 9.96. The van der Waals surface area contributed by atoms with Gasteiger partial charge in [0.25, 0.3) is 0 Å². The minimum atomic E-state index is -0.485. The number of nitrogens with one attached hydrogen (secondary N) is 1. The third-order valence-electron chi connectivity index (χ3n) is 3.87. The van der Waals surface area contributed by atoms with Crippen LogP contribution in [0.15, 0.2) is 18.2 Å². The first-order valence-electron chi connectivity index (χ1n) is 6.80. The van der Waals surface area contributed by atoms with Gasteiger partial charge in [-0.15, -0.1) is 0 Å². The summed E-state index contributed by atoms with van der Waals surface area (Å²) in [5.74, 6) is 0.343. The largest absolute Gasteiger partial charge is 0.394 e. The quantitative estimate of drug-likeness (QED) is 0.847. The van der Waals surface area contributed by atoms with Gasteiger partial charge in [0, 0.05) is 16.5 Å². The molecule has 1 saturated carbocycles. The number of benzene rings is 1. The van der Waals surface area contributed by atoms with Crippen molar-refractivity contribution in [3.05, 3.63) is 33.8 Å². The summed E-state index contributed by atoms with van der Waals surface area (Å²) in [6.45, 7) is 1.88. The molecule has 1 amide bonds. The highest BCUT2D eigenvalue weighted by atomic mass is 35.5. The normalized spacial score (nSPS) is 17.6. The lowest BCUT2D eigenvalue weighted by Gasteiger charge is -2.28. The van der Waals surface area contributed by atoms with E-state index in [4.69, 9.17) is 23.2 Å². The fourth-order valence-electron chi connectivity index (χ4n) is 2.34. The SMILES string of the molecule is CC(CO)(NC(=O)CCc1ccc(Cl)cc1Cl)C1CC1. The number of carbonyl (C=O) groups is 1. The van der Waals surface area contributed by atoms with Crippen molar-refractivity contribution < 1.29 is 9.90 Å². The molecule has 0 radical (unpaired) electrons. The summed E-state index contributed by atoms with van der Waals surface area (Å²) >= 11 is 11.9. The van der Waals surface area contributed by atoms with Crippen LogP contribution >= 0.6 is 23.2 Å². The zero-order valence-electron chi connectivity index (χ0n) is 11.5. The average Bonchev–Trinajstić information content (AvgIpc) is 3.22. The number of amides is 1. The summed E-state index contributed by atoms with van der Waals surface area (Å²) in [6.07, 6.45) is 3.05. The molecule has 3 nitrogen and oxygen atoms in total. The molecule has 1 aromatic rings. The Morgan fingerprint density at radius 1 is 1.45 bits per heavy atom. The molecule has 20 heavy (non-hydrogen) atoms. The van der Waals surface area contributed by atoms with Crippen LogP contribution in [0.25, 0.3) is 0 Å². The van der Waals surface area contributed by atoms with E-state index in [1.54, 1.807) is 12.1 Å². The molecule has 1 aliphatic carbocycles. The van der Waals surface area contributed by atoms with Gasteiger partial charge in [-0.3, -0.25) is 4.79 Å². The van der Waals surface area contributed by atoms with Gasteiger partial charge in [0.15, 0.2) is 0 Å². The highest BCUT2D eigenvalue weighted by molar-refractivity contribution is 6.35.